The average Bonchev–Trinajstić information content (AvgIpc) is 2.79. The summed E-state index contributed by atoms with van der Waals surface area (Å²) in [6, 6.07) is 9.17. The van der Waals surface area contributed by atoms with Crippen molar-refractivity contribution in [1.29, 1.82) is 0 Å². The van der Waals surface area contributed by atoms with Gasteiger partial charge < -0.3 is 19.1 Å². The number of benzene rings is 1. The summed E-state index contributed by atoms with van der Waals surface area (Å²) in [4.78, 5) is 36.2. The smallest absolute Gasteiger partial charge is 0.459 e. The molecular formula is C22H31ClN3O9P. The first-order valence-electron chi connectivity index (χ1n) is 10.9. The number of halogens is 1. The normalized spacial score (nSPS) is 16.9. The molecule has 0 saturated carbocycles. The number of methoxy groups -OCH3 is 1. The van der Waals surface area contributed by atoms with Crippen LogP contribution in [0.15, 0.2) is 52.2 Å². The number of aliphatic hydroxyl groups excluding tert-OH is 1. The number of rotatable bonds is 13. The molecule has 0 amide bonds. The number of hydrogen-bond acceptors (Lipinski definition) is 9. The fourth-order valence-electron chi connectivity index (χ4n) is 3.10. The number of carbonyl (C=O) groups is 1. The highest BCUT2D eigenvalue weighted by Gasteiger charge is 2.44. The average molecular weight is 548 g/mol. The predicted octanol–water partition coefficient (Wildman–Crippen LogP) is 1.96. The van der Waals surface area contributed by atoms with Crippen LogP contribution in [0.4, 0.5) is 0 Å². The molecule has 4 atom stereocenters. The number of nitrogens with zero attached hydrogens (tertiary/aromatic N) is 1. The van der Waals surface area contributed by atoms with Crippen molar-refractivity contribution in [3.05, 3.63) is 63.4 Å². The monoisotopic (exact) mass is 547 g/mol. The lowest BCUT2D eigenvalue weighted by Crippen LogP contribution is -2.52. The van der Waals surface area contributed by atoms with Gasteiger partial charge in [-0.2, -0.15) is 5.09 Å². The van der Waals surface area contributed by atoms with E-state index in [1.165, 1.54) is 40.0 Å². The van der Waals surface area contributed by atoms with Crippen LogP contribution in [0, 0.1) is 0 Å². The van der Waals surface area contributed by atoms with E-state index in [1.807, 2.05) is 0 Å². The van der Waals surface area contributed by atoms with Gasteiger partial charge in [0.2, 0.25) is 0 Å². The van der Waals surface area contributed by atoms with Crippen molar-refractivity contribution in [2.75, 3.05) is 20.3 Å². The van der Waals surface area contributed by atoms with Gasteiger partial charge in [0.25, 0.3) is 5.56 Å². The Morgan fingerprint density at radius 3 is 2.42 bits per heavy atom. The van der Waals surface area contributed by atoms with E-state index in [9.17, 15) is 24.1 Å². The Kier molecular flexibility index (Phi) is 10.1. The standard InChI is InChI=1S/C22H31ClN3O9P/c1-6-33-19(29)21(2,3)25-36(31,35-15-10-8-7-9-11-15)34-14-16(32-5)18(28)22(4,23)26-13-12-17(27)24-20(26)30/h7-13,16,18,28H,6,14H2,1-5H3,(H,25,31)(H,24,27,30)/t16-,18-,22+,36?/m1/s1. The van der Waals surface area contributed by atoms with Crippen molar-refractivity contribution in [3.8, 4) is 5.75 Å². The van der Waals surface area contributed by atoms with Crippen LogP contribution < -0.4 is 20.9 Å². The maximum atomic E-state index is 13.7. The SMILES string of the molecule is CCOC(=O)C(C)(C)NP(=O)(OC[C@@H](OC)[C@@H](O)[C@@](C)(Cl)n1ccc(=O)[nH]c1=O)Oc1ccccc1. The maximum Gasteiger partial charge on any atom is 0.459 e. The van der Waals surface area contributed by atoms with Gasteiger partial charge in [-0.1, -0.05) is 29.8 Å². The molecular weight excluding hydrogens is 517 g/mol. The van der Waals surface area contributed by atoms with Crippen molar-refractivity contribution >= 4 is 25.3 Å². The molecule has 0 aliphatic rings. The van der Waals surface area contributed by atoms with Crippen LogP contribution in [0.2, 0.25) is 0 Å². The minimum atomic E-state index is -4.29. The Hall–Kier alpha value is -2.47. The molecule has 14 heteroatoms. The molecule has 36 heavy (non-hydrogen) atoms. The van der Waals surface area contributed by atoms with Crippen LogP contribution in [0.1, 0.15) is 27.7 Å². The molecule has 0 fully saturated rings. The van der Waals surface area contributed by atoms with Crippen molar-refractivity contribution in [1.82, 2.24) is 14.6 Å². The Morgan fingerprint density at radius 1 is 1.22 bits per heavy atom. The van der Waals surface area contributed by atoms with Crippen LogP contribution in [0.5, 0.6) is 5.75 Å². The number of esters is 1. The van der Waals surface area contributed by atoms with Gasteiger partial charge in [-0.05, 0) is 39.8 Å². The quantitative estimate of drug-likeness (QED) is 0.192. The summed E-state index contributed by atoms with van der Waals surface area (Å²) in [5.41, 5.74) is -2.98. The van der Waals surface area contributed by atoms with E-state index < -0.39 is 54.3 Å². The zero-order valence-electron chi connectivity index (χ0n) is 20.6. The van der Waals surface area contributed by atoms with E-state index >= 15 is 0 Å². The summed E-state index contributed by atoms with van der Waals surface area (Å²) < 4.78 is 36.1. The van der Waals surface area contributed by atoms with Crippen molar-refractivity contribution < 1.29 is 33.0 Å². The summed E-state index contributed by atoms with van der Waals surface area (Å²) in [6.07, 6.45) is -1.71. The minimum absolute atomic E-state index is 0.102. The lowest BCUT2D eigenvalue weighted by molar-refractivity contribution is -0.149. The van der Waals surface area contributed by atoms with E-state index in [4.69, 9.17) is 30.1 Å². The number of aromatic nitrogens is 2. The van der Waals surface area contributed by atoms with E-state index in [1.54, 1.807) is 25.1 Å². The third-order valence-corrected chi connectivity index (χ3v) is 7.25. The van der Waals surface area contributed by atoms with Gasteiger partial charge in [-0.15, -0.1) is 0 Å². The lowest BCUT2D eigenvalue weighted by atomic mass is 10.1. The van der Waals surface area contributed by atoms with Crippen LogP contribution in [0.25, 0.3) is 0 Å². The molecule has 0 radical (unpaired) electrons. The van der Waals surface area contributed by atoms with Gasteiger partial charge in [0.1, 0.15) is 28.5 Å². The van der Waals surface area contributed by atoms with Gasteiger partial charge in [0.15, 0.2) is 0 Å². The summed E-state index contributed by atoms with van der Waals surface area (Å²) in [5, 5.41) is 13.5. The van der Waals surface area contributed by atoms with Crippen LogP contribution >= 0.6 is 19.3 Å². The molecule has 2 rings (SSSR count). The second kappa shape index (κ2) is 12.2. The number of H-pyrrole nitrogens is 1. The van der Waals surface area contributed by atoms with Crippen LogP contribution in [0.3, 0.4) is 0 Å². The van der Waals surface area contributed by atoms with Gasteiger partial charge in [0.05, 0.1) is 13.2 Å². The zero-order valence-corrected chi connectivity index (χ0v) is 22.2. The van der Waals surface area contributed by atoms with Gasteiger partial charge >= 0.3 is 19.4 Å². The molecule has 3 N–H and O–H groups in total. The van der Waals surface area contributed by atoms with E-state index in [0.717, 1.165) is 16.8 Å². The molecule has 200 valence electrons. The number of carbonyl (C=O) groups excluding carboxylic acids is 1. The van der Waals surface area contributed by atoms with Crippen molar-refractivity contribution in [2.45, 2.75) is 50.4 Å². The second-order valence-corrected chi connectivity index (χ2v) is 10.8. The molecule has 12 nitrogen and oxygen atoms in total. The third kappa shape index (κ3) is 7.52. The summed E-state index contributed by atoms with van der Waals surface area (Å²) in [7, 11) is -3.04. The van der Waals surface area contributed by atoms with Crippen molar-refractivity contribution in [3.63, 3.8) is 0 Å². The summed E-state index contributed by atoms with van der Waals surface area (Å²) in [6.45, 7) is 5.41. The van der Waals surface area contributed by atoms with E-state index in [0.29, 0.717) is 0 Å². The topological polar surface area (TPSA) is 158 Å². The van der Waals surface area contributed by atoms with E-state index in [2.05, 4.69) is 10.1 Å². The highest BCUT2D eigenvalue weighted by molar-refractivity contribution is 7.52. The largest absolute Gasteiger partial charge is 0.465 e. The first kappa shape index (κ1) is 29.8. The van der Waals surface area contributed by atoms with Gasteiger partial charge in [0, 0.05) is 19.4 Å². The molecule has 1 unspecified atom stereocenters. The molecule has 1 aromatic heterocycles. The Balaban J connectivity index is 2.31. The molecule has 1 aromatic carbocycles. The fraction of sp³-hybridized carbons (Fsp3) is 0.500. The highest BCUT2D eigenvalue weighted by atomic mass is 35.5. The summed E-state index contributed by atoms with van der Waals surface area (Å²) >= 11 is 6.48. The van der Waals surface area contributed by atoms with Crippen LogP contribution in [-0.2, 0) is 28.4 Å². The number of nitrogens with one attached hydrogen (secondary N) is 2. The number of alkyl halides is 1. The Morgan fingerprint density at radius 2 is 1.86 bits per heavy atom. The Labute approximate surface area is 213 Å². The molecule has 0 bridgehead atoms. The molecule has 1 heterocycles. The number of aromatic amines is 1. The van der Waals surface area contributed by atoms with Gasteiger partial charge in [-0.25, -0.2) is 9.36 Å². The first-order valence-corrected chi connectivity index (χ1v) is 12.9. The molecule has 0 saturated heterocycles. The third-order valence-electron chi connectivity index (χ3n) is 5.07. The minimum Gasteiger partial charge on any atom is -0.465 e. The number of para-hydroxylation sites is 1. The molecule has 2 aromatic rings. The van der Waals surface area contributed by atoms with Crippen LogP contribution in [-0.4, -0.2) is 58.7 Å². The molecule has 0 aliphatic heterocycles. The van der Waals surface area contributed by atoms with E-state index in [-0.39, 0.29) is 12.4 Å². The number of hydrogen-bond donors (Lipinski definition) is 3. The fourth-order valence-corrected chi connectivity index (χ4v) is 5.06. The summed E-state index contributed by atoms with van der Waals surface area (Å²) in [5.74, 6) is -0.510. The lowest BCUT2D eigenvalue weighted by Gasteiger charge is -2.35. The highest BCUT2D eigenvalue weighted by Crippen LogP contribution is 2.47. The predicted molar refractivity (Wildman–Crippen MR) is 132 cm³/mol. The van der Waals surface area contributed by atoms with Crippen molar-refractivity contribution in [2.24, 2.45) is 0 Å². The number of ether oxygens (including phenoxy) is 2. The molecule has 0 spiro atoms. The first-order chi connectivity index (χ1) is 16.8. The van der Waals surface area contributed by atoms with Gasteiger partial charge in [-0.3, -0.25) is 23.7 Å². The number of aliphatic hydroxyl groups is 1. The zero-order chi connectivity index (χ0) is 27.1. The second-order valence-electron chi connectivity index (χ2n) is 8.38. The molecule has 0 aliphatic carbocycles. The Bertz CT molecular complexity index is 1180. The maximum absolute atomic E-state index is 13.7.